The van der Waals surface area contributed by atoms with Crippen LogP contribution in [0.5, 0.6) is 0 Å². The fraction of sp³-hybridized carbons (Fsp3) is 0.462. The van der Waals surface area contributed by atoms with E-state index in [1.807, 2.05) is 13.8 Å². The van der Waals surface area contributed by atoms with Gasteiger partial charge in [-0.05, 0) is 18.9 Å². The number of esters is 1. The maximum Gasteiger partial charge on any atom is 0.328 e. The molecule has 0 aliphatic carbocycles. The highest BCUT2D eigenvalue weighted by Crippen LogP contribution is 2.11. The zero-order valence-corrected chi connectivity index (χ0v) is 11.6. The minimum atomic E-state index is -0.696. The highest BCUT2D eigenvalue weighted by atomic mass is 16.5. The first kappa shape index (κ1) is 14.9. The van der Waals surface area contributed by atoms with Crippen molar-refractivity contribution in [2.45, 2.75) is 26.8 Å². The predicted octanol–water partition coefficient (Wildman–Crippen LogP) is 0.900. The van der Waals surface area contributed by atoms with E-state index in [1.54, 1.807) is 6.92 Å². The van der Waals surface area contributed by atoms with Crippen LogP contribution in [-0.4, -0.2) is 30.0 Å². The number of ether oxygens (including phenoxy) is 1. The summed E-state index contributed by atoms with van der Waals surface area (Å²) in [6, 6.07) is 0.838. The van der Waals surface area contributed by atoms with Crippen LogP contribution in [0, 0.1) is 12.8 Å². The molecule has 0 fully saturated rings. The Morgan fingerprint density at radius 3 is 2.58 bits per heavy atom. The molecule has 0 saturated carbocycles. The number of hydrogen-bond acceptors (Lipinski definition) is 5. The molecular formula is C13H19N3O3. The molecule has 1 atom stereocenters. The van der Waals surface area contributed by atoms with Gasteiger partial charge in [0.25, 0.3) is 5.91 Å². The highest BCUT2D eigenvalue weighted by Gasteiger charge is 2.26. The van der Waals surface area contributed by atoms with E-state index in [2.05, 4.69) is 15.0 Å². The second-order valence-electron chi connectivity index (χ2n) is 4.62. The van der Waals surface area contributed by atoms with Gasteiger partial charge in [-0.15, -0.1) is 0 Å². The SMILES string of the molecule is COC(=O)C(NC(=O)c1cc(N)cnc1C)C(C)C. The fourth-order valence-electron chi connectivity index (χ4n) is 1.62. The van der Waals surface area contributed by atoms with Crippen molar-refractivity contribution in [2.24, 2.45) is 5.92 Å². The topological polar surface area (TPSA) is 94.3 Å². The Kier molecular flexibility index (Phi) is 4.86. The molecule has 1 aromatic heterocycles. The van der Waals surface area contributed by atoms with E-state index in [4.69, 9.17) is 5.73 Å². The smallest absolute Gasteiger partial charge is 0.328 e. The zero-order chi connectivity index (χ0) is 14.6. The molecule has 0 aliphatic heterocycles. The second kappa shape index (κ2) is 6.17. The van der Waals surface area contributed by atoms with Crippen LogP contribution in [0.3, 0.4) is 0 Å². The van der Waals surface area contributed by atoms with E-state index in [0.717, 1.165) is 0 Å². The van der Waals surface area contributed by atoms with E-state index in [1.165, 1.54) is 19.4 Å². The number of nitrogens with two attached hydrogens (primary N) is 1. The second-order valence-corrected chi connectivity index (χ2v) is 4.62. The van der Waals surface area contributed by atoms with Gasteiger partial charge in [0.15, 0.2) is 0 Å². The third kappa shape index (κ3) is 3.67. The fourth-order valence-corrected chi connectivity index (χ4v) is 1.62. The van der Waals surface area contributed by atoms with Crippen LogP contribution in [-0.2, 0) is 9.53 Å². The van der Waals surface area contributed by atoms with E-state index < -0.39 is 12.0 Å². The van der Waals surface area contributed by atoms with Crippen LogP contribution in [0.4, 0.5) is 5.69 Å². The molecular weight excluding hydrogens is 246 g/mol. The third-order valence-electron chi connectivity index (χ3n) is 2.76. The van der Waals surface area contributed by atoms with Crippen molar-refractivity contribution in [2.75, 3.05) is 12.8 Å². The standard InChI is InChI=1S/C13H19N3O3/c1-7(2)11(13(18)19-4)16-12(17)10-5-9(14)6-15-8(10)3/h5-7,11H,14H2,1-4H3,(H,16,17). The number of hydrogen-bond donors (Lipinski definition) is 2. The van der Waals surface area contributed by atoms with Crippen molar-refractivity contribution < 1.29 is 14.3 Å². The maximum atomic E-state index is 12.1. The molecule has 1 aromatic rings. The molecule has 1 heterocycles. The molecule has 1 rings (SSSR count). The van der Waals surface area contributed by atoms with Gasteiger partial charge >= 0.3 is 5.97 Å². The van der Waals surface area contributed by atoms with E-state index in [-0.39, 0.29) is 11.8 Å². The van der Waals surface area contributed by atoms with Crippen molar-refractivity contribution in [3.05, 3.63) is 23.5 Å². The molecule has 0 aliphatic rings. The number of anilines is 1. The number of methoxy groups -OCH3 is 1. The number of nitrogens with one attached hydrogen (secondary N) is 1. The summed E-state index contributed by atoms with van der Waals surface area (Å²) < 4.78 is 4.67. The van der Waals surface area contributed by atoms with Gasteiger partial charge in [0.05, 0.1) is 30.3 Å². The first-order chi connectivity index (χ1) is 8.86. The summed E-state index contributed by atoms with van der Waals surface area (Å²) >= 11 is 0. The number of pyridine rings is 1. The number of amides is 1. The Morgan fingerprint density at radius 1 is 1.42 bits per heavy atom. The highest BCUT2D eigenvalue weighted by molar-refractivity contribution is 5.98. The number of carbonyl (C=O) groups excluding carboxylic acids is 2. The summed E-state index contributed by atoms with van der Waals surface area (Å²) in [5.74, 6) is -0.940. The van der Waals surface area contributed by atoms with Crippen molar-refractivity contribution in [3.63, 3.8) is 0 Å². The lowest BCUT2D eigenvalue weighted by Gasteiger charge is -2.20. The number of nitrogen functional groups attached to an aromatic ring is 1. The summed E-state index contributed by atoms with van der Waals surface area (Å²) in [6.45, 7) is 5.36. The largest absolute Gasteiger partial charge is 0.467 e. The van der Waals surface area contributed by atoms with Gasteiger partial charge in [-0.3, -0.25) is 9.78 Å². The van der Waals surface area contributed by atoms with Crippen molar-refractivity contribution in [1.82, 2.24) is 10.3 Å². The molecule has 0 bridgehead atoms. The van der Waals surface area contributed by atoms with Crippen LogP contribution in [0.25, 0.3) is 0 Å². The van der Waals surface area contributed by atoms with E-state index in [9.17, 15) is 9.59 Å². The van der Waals surface area contributed by atoms with E-state index in [0.29, 0.717) is 16.9 Å². The molecule has 1 unspecified atom stereocenters. The van der Waals surface area contributed by atoms with Gasteiger partial charge in [-0.1, -0.05) is 13.8 Å². The quantitative estimate of drug-likeness (QED) is 0.789. The van der Waals surface area contributed by atoms with Crippen LogP contribution in [0.15, 0.2) is 12.3 Å². The third-order valence-corrected chi connectivity index (χ3v) is 2.76. The Hall–Kier alpha value is -2.11. The summed E-state index contributed by atoms with van der Waals surface area (Å²) in [7, 11) is 1.29. The van der Waals surface area contributed by atoms with Crippen LogP contribution >= 0.6 is 0 Å². The summed E-state index contributed by atoms with van der Waals surface area (Å²) in [4.78, 5) is 27.7. The van der Waals surface area contributed by atoms with Gasteiger partial charge in [-0.25, -0.2) is 4.79 Å². The monoisotopic (exact) mass is 265 g/mol. The van der Waals surface area contributed by atoms with Gasteiger partial charge < -0.3 is 15.8 Å². The Balaban J connectivity index is 2.94. The number of aryl methyl sites for hydroxylation is 1. The van der Waals surface area contributed by atoms with Crippen molar-refractivity contribution >= 4 is 17.6 Å². The van der Waals surface area contributed by atoms with Gasteiger partial charge in [-0.2, -0.15) is 0 Å². The summed E-state index contributed by atoms with van der Waals surface area (Å²) in [5.41, 5.74) is 6.92. The number of carbonyl (C=O) groups is 2. The van der Waals surface area contributed by atoms with Gasteiger partial charge in [0.1, 0.15) is 6.04 Å². The molecule has 6 heteroatoms. The zero-order valence-electron chi connectivity index (χ0n) is 11.6. The molecule has 104 valence electrons. The van der Waals surface area contributed by atoms with E-state index >= 15 is 0 Å². The predicted molar refractivity (Wildman–Crippen MR) is 71.5 cm³/mol. The average Bonchev–Trinajstić information content (AvgIpc) is 2.37. The molecule has 1 amide bonds. The number of nitrogens with zero attached hydrogens (tertiary/aromatic N) is 1. The van der Waals surface area contributed by atoms with Crippen LogP contribution in [0.2, 0.25) is 0 Å². The summed E-state index contributed by atoms with van der Waals surface area (Å²) in [6.07, 6.45) is 1.48. The Labute approximate surface area is 112 Å². The minimum Gasteiger partial charge on any atom is -0.467 e. The lowest BCUT2D eigenvalue weighted by molar-refractivity contribution is -0.144. The minimum absolute atomic E-state index is 0.0780. The lowest BCUT2D eigenvalue weighted by atomic mass is 10.0. The van der Waals surface area contributed by atoms with Crippen LogP contribution < -0.4 is 11.1 Å². The molecule has 19 heavy (non-hydrogen) atoms. The Bertz CT molecular complexity index is 486. The van der Waals surface area contributed by atoms with Crippen molar-refractivity contribution in [3.8, 4) is 0 Å². The van der Waals surface area contributed by atoms with Gasteiger partial charge in [0.2, 0.25) is 0 Å². The normalized spacial score (nSPS) is 12.1. The molecule has 0 aromatic carbocycles. The first-order valence-corrected chi connectivity index (χ1v) is 5.97. The lowest BCUT2D eigenvalue weighted by Crippen LogP contribution is -2.45. The number of aromatic nitrogens is 1. The molecule has 3 N–H and O–H groups in total. The molecule has 0 spiro atoms. The summed E-state index contributed by atoms with van der Waals surface area (Å²) in [5, 5.41) is 2.64. The first-order valence-electron chi connectivity index (χ1n) is 5.97. The van der Waals surface area contributed by atoms with Gasteiger partial charge in [0, 0.05) is 0 Å². The average molecular weight is 265 g/mol. The van der Waals surface area contributed by atoms with Crippen molar-refractivity contribution in [1.29, 1.82) is 0 Å². The maximum absolute atomic E-state index is 12.1. The molecule has 0 radical (unpaired) electrons. The van der Waals surface area contributed by atoms with Crippen LogP contribution in [0.1, 0.15) is 29.9 Å². The molecule has 0 saturated heterocycles. The Morgan fingerprint density at radius 2 is 2.05 bits per heavy atom. The molecule has 6 nitrogen and oxygen atoms in total. The number of rotatable bonds is 4.